The highest BCUT2D eigenvalue weighted by atomic mass is 35.5. The van der Waals surface area contributed by atoms with Crippen molar-refractivity contribution in [1.29, 1.82) is 0 Å². The van der Waals surface area contributed by atoms with Gasteiger partial charge in [0.15, 0.2) is 5.82 Å². The Hall–Kier alpha value is -2.58. The molecule has 0 aliphatic rings. The van der Waals surface area contributed by atoms with Gasteiger partial charge in [0.1, 0.15) is 5.82 Å². The maximum atomic E-state index is 13.9. The number of halogens is 2. The largest absolute Gasteiger partial charge is 0.335 e. The minimum absolute atomic E-state index is 0.0439. The molecular formula is C21H23ClFN5OS. The molecule has 0 aliphatic heterocycles. The molecular weight excluding hydrogens is 425 g/mol. The summed E-state index contributed by atoms with van der Waals surface area (Å²) in [5, 5.41) is 10.9. The van der Waals surface area contributed by atoms with Crippen LogP contribution in [0.5, 0.6) is 0 Å². The van der Waals surface area contributed by atoms with E-state index in [1.165, 1.54) is 22.4 Å². The monoisotopic (exact) mass is 447 g/mol. The Morgan fingerprint density at radius 1 is 1.20 bits per heavy atom. The van der Waals surface area contributed by atoms with Gasteiger partial charge >= 0.3 is 0 Å². The highest BCUT2D eigenvalue weighted by Gasteiger charge is 2.21. The van der Waals surface area contributed by atoms with Gasteiger partial charge in [0.05, 0.1) is 10.9 Å². The number of nitrogen functional groups attached to an aromatic ring is 1. The van der Waals surface area contributed by atoms with E-state index in [4.69, 9.17) is 17.4 Å². The molecule has 1 unspecified atom stereocenters. The summed E-state index contributed by atoms with van der Waals surface area (Å²) in [6.45, 7) is 8.11. The van der Waals surface area contributed by atoms with Crippen LogP contribution < -0.4 is 11.2 Å². The topological polar surface area (TPSA) is 85.8 Å². The summed E-state index contributed by atoms with van der Waals surface area (Å²) in [5.74, 6) is 5.67. The van der Waals surface area contributed by atoms with Gasteiger partial charge in [-0.25, -0.2) is 9.07 Å². The maximum absolute atomic E-state index is 13.9. The van der Waals surface area contributed by atoms with Crippen LogP contribution in [0.1, 0.15) is 33.3 Å². The van der Waals surface area contributed by atoms with Gasteiger partial charge in [0.2, 0.25) is 11.1 Å². The summed E-state index contributed by atoms with van der Waals surface area (Å²) in [6, 6.07) is 12.0. The van der Waals surface area contributed by atoms with E-state index >= 15 is 0 Å². The minimum Gasteiger partial charge on any atom is -0.335 e. The van der Waals surface area contributed by atoms with Gasteiger partial charge in [-0.2, -0.15) is 0 Å². The van der Waals surface area contributed by atoms with E-state index in [-0.39, 0.29) is 22.0 Å². The molecule has 0 saturated carbocycles. The predicted molar refractivity (Wildman–Crippen MR) is 120 cm³/mol. The summed E-state index contributed by atoms with van der Waals surface area (Å²) in [5.41, 5.74) is 2.13. The van der Waals surface area contributed by atoms with E-state index in [0.717, 1.165) is 23.4 Å². The lowest BCUT2D eigenvalue weighted by Crippen LogP contribution is -2.24. The van der Waals surface area contributed by atoms with Gasteiger partial charge in [-0.3, -0.25) is 4.79 Å². The molecule has 3 rings (SSSR count). The lowest BCUT2D eigenvalue weighted by Gasteiger charge is -2.19. The van der Waals surface area contributed by atoms with Crippen LogP contribution in [0.25, 0.3) is 11.4 Å². The molecule has 0 saturated heterocycles. The summed E-state index contributed by atoms with van der Waals surface area (Å²) in [6.07, 6.45) is 0. The lowest BCUT2D eigenvalue weighted by atomic mass is 9.87. The van der Waals surface area contributed by atoms with Crippen molar-refractivity contribution in [2.45, 2.75) is 43.5 Å². The number of amides is 1. The molecule has 158 valence electrons. The van der Waals surface area contributed by atoms with E-state index in [1.54, 1.807) is 6.92 Å². The van der Waals surface area contributed by atoms with Crippen LogP contribution in [0.3, 0.4) is 0 Å². The number of nitrogens with one attached hydrogen (secondary N) is 1. The summed E-state index contributed by atoms with van der Waals surface area (Å²) >= 11 is 6.87. The van der Waals surface area contributed by atoms with Crippen molar-refractivity contribution >= 4 is 35.0 Å². The fraction of sp³-hybridized carbons (Fsp3) is 0.286. The Kier molecular flexibility index (Phi) is 6.38. The molecule has 0 radical (unpaired) electrons. The fourth-order valence-corrected chi connectivity index (χ4v) is 3.64. The Labute approximate surface area is 184 Å². The first-order chi connectivity index (χ1) is 14.1. The SMILES string of the molecule is CC(Sc1nnc(-c2ccc(C(C)(C)C)cc2)n1N)C(=O)Nc1ccc(Cl)cc1F. The number of nitrogens with zero attached hydrogens (tertiary/aromatic N) is 3. The first-order valence-electron chi connectivity index (χ1n) is 9.30. The van der Waals surface area contributed by atoms with E-state index in [0.29, 0.717) is 11.0 Å². The average Bonchev–Trinajstić information content (AvgIpc) is 3.03. The number of thioether (sulfide) groups is 1. The number of carbonyl (C=O) groups excluding carboxylic acids is 1. The number of aromatic nitrogens is 3. The molecule has 0 spiro atoms. The molecule has 1 aromatic heterocycles. The van der Waals surface area contributed by atoms with Crippen LogP contribution in [0.2, 0.25) is 5.02 Å². The average molecular weight is 448 g/mol. The molecule has 0 aliphatic carbocycles. The van der Waals surface area contributed by atoms with Crippen LogP contribution in [-0.2, 0) is 10.2 Å². The Balaban J connectivity index is 1.71. The van der Waals surface area contributed by atoms with Crippen LogP contribution in [-0.4, -0.2) is 26.0 Å². The van der Waals surface area contributed by atoms with Crippen LogP contribution in [0, 0.1) is 5.82 Å². The van der Waals surface area contributed by atoms with E-state index < -0.39 is 11.1 Å². The highest BCUT2D eigenvalue weighted by molar-refractivity contribution is 8.00. The molecule has 6 nitrogen and oxygen atoms in total. The molecule has 2 aromatic carbocycles. The van der Waals surface area contributed by atoms with E-state index in [1.807, 2.05) is 24.3 Å². The van der Waals surface area contributed by atoms with Crippen molar-refractivity contribution in [3.05, 3.63) is 58.9 Å². The number of carbonyl (C=O) groups is 1. The zero-order valence-electron chi connectivity index (χ0n) is 17.1. The van der Waals surface area contributed by atoms with Gasteiger partial charge in [0, 0.05) is 10.6 Å². The smallest absolute Gasteiger partial charge is 0.237 e. The number of benzene rings is 2. The normalized spacial score (nSPS) is 12.6. The Morgan fingerprint density at radius 3 is 2.47 bits per heavy atom. The maximum Gasteiger partial charge on any atom is 0.237 e. The van der Waals surface area contributed by atoms with Gasteiger partial charge in [0.25, 0.3) is 0 Å². The van der Waals surface area contributed by atoms with Crippen LogP contribution in [0.4, 0.5) is 10.1 Å². The fourth-order valence-electron chi connectivity index (χ4n) is 2.71. The second-order valence-electron chi connectivity index (χ2n) is 7.88. The third kappa shape index (κ3) is 4.94. The Bertz CT molecular complexity index is 1060. The quantitative estimate of drug-likeness (QED) is 0.430. The second kappa shape index (κ2) is 8.65. The van der Waals surface area contributed by atoms with Crippen LogP contribution >= 0.6 is 23.4 Å². The van der Waals surface area contributed by atoms with Crippen LogP contribution in [0.15, 0.2) is 47.6 Å². The molecule has 3 aromatic rings. The molecule has 3 N–H and O–H groups in total. The molecule has 1 amide bonds. The van der Waals surface area contributed by atoms with Gasteiger partial charge in [-0.05, 0) is 36.1 Å². The third-order valence-corrected chi connectivity index (χ3v) is 5.81. The molecule has 1 heterocycles. The van der Waals surface area contributed by atoms with E-state index in [2.05, 4.69) is 36.3 Å². The van der Waals surface area contributed by atoms with Gasteiger partial charge < -0.3 is 11.2 Å². The number of nitrogens with two attached hydrogens (primary N) is 1. The summed E-state index contributed by atoms with van der Waals surface area (Å²) in [7, 11) is 0. The zero-order chi connectivity index (χ0) is 22.1. The Morgan fingerprint density at radius 2 is 1.87 bits per heavy atom. The van der Waals surface area contributed by atoms with Crippen molar-refractivity contribution in [3.8, 4) is 11.4 Å². The molecule has 0 fully saturated rings. The summed E-state index contributed by atoms with van der Waals surface area (Å²) in [4.78, 5) is 12.4. The molecule has 1 atom stereocenters. The standard InChI is InChI=1S/C21H23ClFN5OS/c1-12(19(29)25-17-10-9-15(22)11-16(17)23)30-20-27-26-18(28(20)24)13-5-7-14(8-6-13)21(2,3)4/h5-12H,24H2,1-4H3,(H,25,29). The van der Waals surface area contributed by atoms with Crippen molar-refractivity contribution in [2.24, 2.45) is 0 Å². The number of hydrogen-bond acceptors (Lipinski definition) is 5. The predicted octanol–water partition coefficient (Wildman–Crippen LogP) is 4.87. The number of anilines is 1. The molecule has 30 heavy (non-hydrogen) atoms. The number of hydrogen-bond donors (Lipinski definition) is 2. The second-order valence-corrected chi connectivity index (χ2v) is 9.62. The van der Waals surface area contributed by atoms with Crippen molar-refractivity contribution < 1.29 is 9.18 Å². The first-order valence-corrected chi connectivity index (χ1v) is 10.6. The minimum atomic E-state index is -0.601. The van der Waals surface area contributed by atoms with Gasteiger partial charge in [-0.1, -0.05) is 68.4 Å². The summed E-state index contributed by atoms with van der Waals surface area (Å²) < 4.78 is 15.3. The first kappa shape index (κ1) is 22.1. The van der Waals surface area contributed by atoms with Crippen molar-refractivity contribution in [1.82, 2.24) is 14.9 Å². The van der Waals surface area contributed by atoms with E-state index in [9.17, 15) is 9.18 Å². The zero-order valence-corrected chi connectivity index (χ0v) is 18.7. The van der Waals surface area contributed by atoms with Crippen molar-refractivity contribution in [2.75, 3.05) is 11.2 Å². The molecule has 9 heteroatoms. The van der Waals surface area contributed by atoms with Gasteiger partial charge in [-0.15, -0.1) is 10.2 Å². The molecule has 0 bridgehead atoms. The van der Waals surface area contributed by atoms with Crippen molar-refractivity contribution in [3.63, 3.8) is 0 Å². The third-order valence-electron chi connectivity index (χ3n) is 4.51. The lowest BCUT2D eigenvalue weighted by molar-refractivity contribution is -0.115. The number of rotatable bonds is 5. The highest BCUT2D eigenvalue weighted by Crippen LogP contribution is 2.28.